The van der Waals surface area contributed by atoms with Crippen LogP contribution in [0.2, 0.25) is 0 Å². The van der Waals surface area contributed by atoms with E-state index in [0.717, 1.165) is 11.3 Å². The first-order chi connectivity index (χ1) is 13.8. The number of hydrogen-bond donors (Lipinski definition) is 0. The molecule has 5 nitrogen and oxygen atoms in total. The van der Waals surface area contributed by atoms with Crippen molar-refractivity contribution in [3.63, 3.8) is 0 Å². The fourth-order valence-electron chi connectivity index (χ4n) is 4.03. The molecule has 3 unspecified atom stereocenters. The lowest BCUT2D eigenvalue weighted by Gasteiger charge is -2.28. The van der Waals surface area contributed by atoms with E-state index in [-0.39, 0.29) is 17.9 Å². The molecule has 138 valence electrons. The number of imide groups is 1. The summed E-state index contributed by atoms with van der Waals surface area (Å²) in [4.78, 5) is 33.8. The zero-order valence-electron chi connectivity index (χ0n) is 15.0. The predicted octanol–water partition coefficient (Wildman–Crippen LogP) is 3.74. The average molecular weight is 370 g/mol. The Morgan fingerprint density at radius 3 is 1.79 bits per heavy atom. The summed E-state index contributed by atoms with van der Waals surface area (Å²) in [5.41, 5.74) is 2.33. The van der Waals surface area contributed by atoms with Gasteiger partial charge in [0.2, 0.25) is 5.91 Å². The van der Waals surface area contributed by atoms with E-state index < -0.39 is 12.0 Å². The van der Waals surface area contributed by atoms with Crippen LogP contribution in [0.4, 0.5) is 11.4 Å². The van der Waals surface area contributed by atoms with Gasteiger partial charge < -0.3 is 0 Å². The number of hydroxylamine groups is 1. The molecule has 0 saturated carbocycles. The highest BCUT2D eigenvalue weighted by atomic mass is 16.7. The van der Waals surface area contributed by atoms with Crippen molar-refractivity contribution < 1.29 is 14.4 Å². The van der Waals surface area contributed by atoms with Gasteiger partial charge in [0.1, 0.15) is 5.92 Å². The first kappa shape index (κ1) is 16.7. The molecule has 0 aliphatic carbocycles. The van der Waals surface area contributed by atoms with Gasteiger partial charge in [0, 0.05) is 0 Å². The summed E-state index contributed by atoms with van der Waals surface area (Å²) in [6.45, 7) is 0. The number of benzene rings is 3. The van der Waals surface area contributed by atoms with Crippen LogP contribution in [0.3, 0.4) is 0 Å². The Morgan fingerprint density at radius 2 is 1.18 bits per heavy atom. The smallest absolute Gasteiger partial charge is 0.266 e. The molecule has 0 radical (unpaired) electrons. The third-order valence-corrected chi connectivity index (χ3v) is 5.28. The Kier molecular flexibility index (Phi) is 3.95. The highest BCUT2D eigenvalue weighted by Crippen LogP contribution is 2.47. The molecule has 3 aromatic carbocycles. The molecule has 5 rings (SSSR count). The lowest BCUT2D eigenvalue weighted by atomic mass is 9.90. The van der Waals surface area contributed by atoms with Crippen LogP contribution in [0, 0.1) is 5.92 Å². The largest absolute Gasteiger partial charge is 0.273 e. The van der Waals surface area contributed by atoms with Gasteiger partial charge in [-0.1, -0.05) is 66.7 Å². The number of para-hydroxylation sites is 2. The molecule has 2 aliphatic rings. The van der Waals surface area contributed by atoms with Crippen molar-refractivity contribution in [2.75, 3.05) is 9.96 Å². The average Bonchev–Trinajstić information content (AvgIpc) is 3.26. The van der Waals surface area contributed by atoms with Gasteiger partial charge in [-0.25, -0.2) is 9.96 Å². The molecular weight excluding hydrogens is 352 g/mol. The molecule has 2 amide bonds. The Labute approximate surface area is 162 Å². The number of carbonyl (C=O) groups excluding carboxylic acids is 2. The van der Waals surface area contributed by atoms with E-state index in [9.17, 15) is 9.59 Å². The fourth-order valence-corrected chi connectivity index (χ4v) is 4.03. The zero-order chi connectivity index (χ0) is 19.1. The summed E-state index contributed by atoms with van der Waals surface area (Å²) in [5, 5.41) is 1.71. The highest BCUT2D eigenvalue weighted by Gasteiger charge is 2.60. The molecule has 0 aromatic heterocycles. The van der Waals surface area contributed by atoms with E-state index in [4.69, 9.17) is 4.84 Å². The van der Waals surface area contributed by atoms with Crippen LogP contribution in [-0.4, -0.2) is 17.9 Å². The predicted molar refractivity (Wildman–Crippen MR) is 105 cm³/mol. The van der Waals surface area contributed by atoms with Crippen LogP contribution in [-0.2, 0) is 14.4 Å². The molecule has 0 spiro atoms. The number of amides is 2. The number of fused-ring (bicyclic) bond motifs is 1. The van der Waals surface area contributed by atoms with E-state index in [0.29, 0.717) is 5.69 Å². The maximum absolute atomic E-state index is 13.4. The van der Waals surface area contributed by atoms with E-state index in [1.165, 1.54) is 4.90 Å². The Hall–Kier alpha value is -3.44. The van der Waals surface area contributed by atoms with Gasteiger partial charge in [0.15, 0.2) is 6.10 Å². The second-order valence-corrected chi connectivity index (χ2v) is 6.92. The standard InChI is InChI=1S/C23H18N2O3/c26-22-19-20(16-10-4-1-5-11-16)25(18-14-8-3-9-15-18)28-21(19)23(27)24(22)17-12-6-2-7-13-17/h1-15,19-21H. The lowest BCUT2D eigenvalue weighted by molar-refractivity contribution is -0.126. The molecule has 3 atom stereocenters. The molecular formula is C23H18N2O3. The third-order valence-electron chi connectivity index (χ3n) is 5.28. The Morgan fingerprint density at radius 1 is 0.643 bits per heavy atom. The van der Waals surface area contributed by atoms with Gasteiger partial charge in [0.25, 0.3) is 5.91 Å². The normalized spacial score (nSPS) is 23.9. The van der Waals surface area contributed by atoms with Crippen LogP contribution in [0.5, 0.6) is 0 Å². The summed E-state index contributed by atoms with van der Waals surface area (Å²) in [6.07, 6.45) is -0.835. The van der Waals surface area contributed by atoms with Crippen molar-refractivity contribution in [3.8, 4) is 0 Å². The molecule has 2 heterocycles. The quantitative estimate of drug-likeness (QED) is 0.659. The Bertz CT molecular complexity index is 1010. The molecule has 3 aromatic rings. The van der Waals surface area contributed by atoms with Gasteiger partial charge in [-0.05, 0) is 29.8 Å². The van der Waals surface area contributed by atoms with Crippen molar-refractivity contribution in [2.24, 2.45) is 5.92 Å². The summed E-state index contributed by atoms with van der Waals surface area (Å²) in [5.74, 6) is -1.15. The van der Waals surface area contributed by atoms with Crippen molar-refractivity contribution in [3.05, 3.63) is 96.6 Å². The van der Waals surface area contributed by atoms with E-state index in [1.54, 1.807) is 17.2 Å². The third kappa shape index (κ3) is 2.52. The second kappa shape index (κ2) is 6.62. The molecule has 28 heavy (non-hydrogen) atoms. The van der Waals surface area contributed by atoms with Crippen molar-refractivity contribution in [2.45, 2.75) is 12.1 Å². The van der Waals surface area contributed by atoms with Gasteiger partial charge >= 0.3 is 0 Å². The Balaban J connectivity index is 1.59. The summed E-state index contributed by atoms with van der Waals surface area (Å²) >= 11 is 0. The zero-order valence-corrected chi connectivity index (χ0v) is 15.0. The van der Waals surface area contributed by atoms with Crippen LogP contribution in [0.15, 0.2) is 91.0 Å². The minimum absolute atomic E-state index is 0.228. The topological polar surface area (TPSA) is 49.9 Å². The second-order valence-electron chi connectivity index (χ2n) is 6.92. The molecule has 0 N–H and O–H groups in total. The first-order valence-electron chi connectivity index (χ1n) is 9.24. The molecule has 2 saturated heterocycles. The number of hydrogen-bond acceptors (Lipinski definition) is 4. The van der Waals surface area contributed by atoms with Gasteiger partial charge in [-0.15, -0.1) is 0 Å². The van der Waals surface area contributed by atoms with Crippen molar-refractivity contribution in [1.29, 1.82) is 0 Å². The van der Waals surface area contributed by atoms with Crippen LogP contribution < -0.4 is 9.96 Å². The number of nitrogens with zero attached hydrogens (tertiary/aromatic N) is 2. The number of anilines is 2. The number of carbonyl (C=O) groups is 2. The summed E-state index contributed by atoms with van der Waals surface area (Å²) in [7, 11) is 0. The van der Waals surface area contributed by atoms with Crippen LogP contribution in [0.25, 0.3) is 0 Å². The van der Waals surface area contributed by atoms with Crippen LogP contribution >= 0.6 is 0 Å². The minimum atomic E-state index is -0.835. The van der Waals surface area contributed by atoms with E-state index >= 15 is 0 Å². The minimum Gasteiger partial charge on any atom is -0.273 e. The molecule has 0 bridgehead atoms. The van der Waals surface area contributed by atoms with E-state index in [1.807, 2.05) is 78.9 Å². The number of rotatable bonds is 3. The highest BCUT2D eigenvalue weighted by molar-refractivity contribution is 6.23. The van der Waals surface area contributed by atoms with Crippen molar-refractivity contribution >= 4 is 23.2 Å². The molecule has 2 fully saturated rings. The fraction of sp³-hybridized carbons (Fsp3) is 0.130. The summed E-state index contributed by atoms with van der Waals surface area (Å²) in [6, 6.07) is 28.0. The SMILES string of the molecule is O=C1C2ON(c3ccccc3)C(c3ccccc3)C2C(=O)N1c1ccccc1. The van der Waals surface area contributed by atoms with E-state index in [2.05, 4.69) is 0 Å². The monoisotopic (exact) mass is 370 g/mol. The maximum Gasteiger partial charge on any atom is 0.266 e. The summed E-state index contributed by atoms with van der Waals surface area (Å²) < 4.78 is 0. The molecule has 2 aliphatic heterocycles. The maximum atomic E-state index is 13.4. The lowest BCUT2D eigenvalue weighted by Crippen LogP contribution is -2.37. The van der Waals surface area contributed by atoms with Gasteiger partial charge in [0.05, 0.1) is 17.4 Å². The van der Waals surface area contributed by atoms with Crippen molar-refractivity contribution in [1.82, 2.24) is 0 Å². The first-order valence-corrected chi connectivity index (χ1v) is 9.24. The van der Waals surface area contributed by atoms with Gasteiger partial charge in [-0.3, -0.25) is 14.4 Å². The van der Waals surface area contributed by atoms with Gasteiger partial charge in [-0.2, -0.15) is 0 Å². The molecule has 5 heteroatoms. The van der Waals surface area contributed by atoms with Crippen LogP contribution in [0.1, 0.15) is 11.6 Å².